The molecule has 1 aromatic heterocycles. The van der Waals surface area contributed by atoms with Gasteiger partial charge in [-0.2, -0.15) is 9.40 Å². The van der Waals surface area contributed by atoms with Gasteiger partial charge >= 0.3 is 0 Å². The predicted molar refractivity (Wildman–Crippen MR) is 112 cm³/mol. The molecule has 0 bridgehead atoms. The highest BCUT2D eigenvalue weighted by Gasteiger charge is 2.41. The molecule has 3 aromatic rings. The Bertz CT molecular complexity index is 1190. The Hall–Kier alpha value is -3.37. The second kappa shape index (κ2) is 8.40. The Kier molecular flexibility index (Phi) is 5.66. The van der Waals surface area contributed by atoms with Crippen molar-refractivity contribution in [3.63, 3.8) is 0 Å². The fourth-order valence-electron chi connectivity index (χ4n) is 3.79. The topological polar surface area (TPSA) is 115 Å². The highest BCUT2D eigenvalue weighted by Crippen LogP contribution is 2.39. The van der Waals surface area contributed by atoms with Crippen LogP contribution in [-0.4, -0.2) is 40.3 Å². The van der Waals surface area contributed by atoms with Crippen LogP contribution < -0.4 is 0 Å². The van der Waals surface area contributed by atoms with Crippen molar-refractivity contribution < 1.29 is 18.1 Å². The molecule has 0 spiro atoms. The molecule has 10 heteroatoms. The molecule has 0 saturated carbocycles. The summed E-state index contributed by atoms with van der Waals surface area (Å²) in [5.74, 6) is -0.435. The van der Waals surface area contributed by atoms with Gasteiger partial charge in [0.05, 0.1) is 28.6 Å². The Morgan fingerprint density at radius 3 is 2.48 bits per heavy atom. The fraction of sp³-hybridized carbons (Fsp3) is 0.238. The standard InChI is InChI=1S/C21H20N4O5S/c26-15-17-10-21(18-11-22-23(14-18)12-16-4-2-1-3-5-16)24(13-17)31(29,30)20-8-6-19(7-9-20)25(27)28/h1-9,11,14-15,17,21H,10,12-13H2/t17-,21-/m1/s1. The van der Waals surface area contributed by atoms with Crippen LogP contribution in [0.2, 0.25) is 0 Å². The van der Waals surface area contributed by atoms with E-state index in [9.17, 15) is 23.3 Å². The maximum atomic E-state index is 13.3. The van der Waals surface area contributed by atoms with Gasteiger partial charge in [0.2, 0.25) is 10.0 Å². The molecule has 1 fully saturated rings. The van der Waals surface area contributed by atoms with Crippen LogP contribution in [0, 0.1) is 16.0 Å². The summed E-state index contributed by atoms with van der Waals surface area (Å²) in [7, 11) is -3.96. The number of nitrogens with zero attached hydrogens (tertiary/aromatic N) is 4. The molecule has 0 amide bonds. The van der Waals surface area contributed by atoms with Crippen LogP contribution in [-0.2, 0) is 21.4 Å². The van der Waals surface area contributed by atoms with E-state index in [0.29, 0.717) is 18.5 Å². The molecule has 2 aromatic carbocycles. The third-order valence-electron chi connectivity index (χ3n) is 5.36. The van der Waals surface area contributed by atoms with E-state index >= 15 is 0 Å². The molecule has 1 aliphatic rings. The summed E-state index contributed by atoms with van der Waals surface area (Å²) in [5, 5.41) is 15.2. The number of benzene rings is 2. The molecule has 9 nitrogen and oxygen atoms in total. The van der Waals surface area contributed by atoms with E-state index in [-0.39, 0.29) is 17.1 Å². The molecule has 160 valence electrons. The van der Waals surface area contributed by atoms with Crippen molar-refractivity contribution in [2.45, 2.75) is 23.9 Å². The molecule has 4 rings (SSSR count). The van der Waals surface area contributed by atoms with Crippen LogP contribution in [0.15, 0.2) is 71.9 Å². The molecule has 2 atom stereocenters. The summed E-state index contributed by atoms with van der Waals surface area (Å²) in [4.78, 5) is 21.7. The number of aromatic nitrogens is 2. The minimum Gasteiger partial charge on any atom is -0.303 e. The second-order valence-corrected chi connectivity index (χ2v) is 9.32. The van der Waals surface area contributed by atoms with E-state index in [4.69, 9.17) is 0 Å². The number of aldehydes is 1. The normalized spacial score (nSPS) is 19.4. The van der Waals surface area contributed by atoms with Gasteiger partial charge in [-0.3, -0.25) is 14.8 Å². The van der Waals surface area contributed by atoms with Gasteiger partial charge in [-0.1, -0.05) is 30.3 Å². The van der Waals surface area contributed by atoms with Gasteiger partial charge in [0.15, 0.2) is 0 Å². The Morgan fingerprint density at radius 2 is 1.84 bits per heavy atom. The average molecular weight is 440 g/mol. The summed E-state index contributed by atoms with van der Waals surface area (Å²) >= 11 is 0. The monoisotopic (exact) mass is 440 g/mol. The SMILES string of the molecule is O=C[C@@H]1C[C@H](c2cnn(Cc3ccccc3)c2)N(S(=O)(=O)c2ccc([N+](=O)[O-])cc2)C1. The molecule has 0 N–H and O–H groups in total. The minimum absolute atomic E-state index is 0.0497. The van der Waals surface area contributed by atoms with E-state index in [1.165, 1.54) is 16.4 Å². The molecule has 31 heavy (non-hydrogen) atoms. The zero-order valence-electron chi connectivity index (χ0n) is 16.4. The number of hydrogen-bond acceptors (Lipinski definition) is 6. The Morgan fingerprint density at radius 1 is 1.13 bits per heavy atom. The largest absolute Gasteiger partial charge is 0.303 e. The van der Waals surface area contributed by atoms with Crippen molar-refractivity contribution >= 4 is 22.0 Å². The second-order valence-electron chi connectivity index (χ2n) is 7.43. The number of carbonyl (C=O) groups excluding carboxylic acids is 1. The van der Waals surface area contributed by atoms with E-state index in [1.54, 1.807) is 17.1 Å². The Balaban J connectivity index is 1.62. The van der Waals surface area contributed by atoms with Gasteiger partial charge in [-0.15, -0.1) is 0 Å². The molecule has 0 unspecified atom stereocenters. The van der Waals surface area contributed by atoms with Crippen LogP contribution >= 0.6 is 0 Å². The zero-order chi connectivity index (χ0) is 22.0. The lowest BCUT2D eigenvalue weighted by Crippen LogP contribution is -2.31. The number of rotatable bonds is 7. The van der Waals surface area contributed by atoms with Crippen LogP contribution in [0.3, 0.4) is 0 Å². The molecule has 1 saturated heterocycles. The van der Waals surface area contributed by atoms with Gasteiger partial charge < -0.3 is 4.79 Å². The van der Waals surface area contributed by atoms with Crippen molar-refractivity contribution in [1.29, 1.82) is 0 Å². The number of nitro benzene ring substituents is 1. The maximum Gasteiger partial charge on any atom is 0.269 e. The van der Waals surface area contributed by atoms with Crippen molar-refractivity contribution in [3.8, 4) is 0 Å². The highest BCUT2D eigenvalue weighted by molar-refractivity contribution is 7.89. The quantitative estimate of drug-likeness (QED) is 0.317. The van der Waals surface area contributed by atoms with Gasteiger partial charge in [-0.25, -0.2) is 8.42 Å². The third kappa shape index (κ3) is 4.25. The van der Waals surface area contributed by atoms with Crippen molar-refractivity contribution in [2.75, 3.05) is 6.54 Å². The summed E-state index contributed by atoms with van der Waals surface area (Å²) in [6.07, 6.45) is 4.54. The van der Waals surface area contributed by atoms with Gasteiger partial charge in [0.25, 0.3) is 5.69 Å². The average Bonchev–Trinajstić information content (AvgIpc) is 3.41. The molecule has 0 radical (unpaired) electrons. The number of carbonyl (C=O) groups is 1. The first kappa shape index (κ1) is 20.9. The lowest BCUT2D eigenvalue weighted by Gasteiger charge is -2.23. The predicted octanol–water partition coefficient (Wildman–Crippen LogP) is 2.79. The van der Waals surface area contributed by atoms with E-state index < -0.39 is 26.9 Å². The molecule has 0 aliphatic carbocycles. The highest BCUT2D eigenvalue weighted by atomic mass is 32.2. The summed E-state index contributed by atoms with van der Waals surface area (Å²) in [6.45, 7) is 0.594. The van der Waals surface area contributed by atoms with Gasteiger partial charge in [0, 0.05) is 36.4 Å². The van der Waals surface area contributed by atoms with E-state index in [2.05, 4.69) is 5.10 Å². The van der Waals surface area contributed by atoms with Gasteiger partial charge in [-0.05, 0) is 24.1 Å². The fourth-order valence-corrected chi connectivity index (χ4v) is 5.47. The minimum atomic E-state index is -3.96. The summed E-state index contributed by atoms with van der Waals surface area (Å²) in [5.41, 5.74) is 1.57. The van der Waals surface area contributed by atoms with Crippen molar-refractivity contribution in [1.82, 2.24) is 14.1 Å². The smallest absolute Gasteiger partial charge is 0.269 e. The third-order valence-corrected chi connectivity index (χ3v) is 7.25. The number of sulfonamides is 1. The van der Waals surface area contributed by atoms with Crippen LogP contribution in [0.25, 0.3) is 0 Å². The lowest BCUT2D eigenvalue weighted by atomic mass is 10.0. The maximum absolute atomic E-state index is 13.3. The molecular weight excluding hydrogens is 420 g/mol. The van der Waals surface area contributed by atoms with Crippen LogP contribution in [0.5, 0.6) is 0 Å². The van der Waals surface area contributed by atoms with E-state index in [1.807, 2.05) is 30.3 Å². The molecule has 2 heterocycles. The summed E-state index contributed by atoms with van der Waals surface area (Å²) in [6, 6.07) is 14.0. The number of non-ortho nitro benzene ring substituents is 1. The molecular formula is C21H20N4O5S. The van der Waals surface area contributed by atoms with Gasteiger partial charge in [0.1, 0.15) is 6.29 Å². The van der Waals surface area contributed by atoms with Crippen LogP contribution in [0.4, 0.5) is 5.69 Å². The number of nitro groups is 1. The first-order chi connectivity index (χ1) is 14.9. The molecule has 1 aliphatic heterocycles. The first-order valence-corrected chi connectivity index (χ1v) is 11.1. The Labute approximate surface area is 179 Å². The number of hydrogen-bond donors (Lipinski definition) is 0. The first-order valence-electron chi connectivity index (χ1n) is 9.66. The van der Waals surface area contributed by atoms with Crippen molar-refractivity contribution in [3.05, 3.63) is 88.2 Å². The van der Waals surface area contributed by atoms with E-state index in [0.717, 1.165) is 24.0 Å². The zero-order valence-corrected chi connectivity index (χ0v) is 17.3. The summed E-state index contributed by atoms with van der Waals surface area (Å²) < 4.78 is 29.6. The van der Waals surface area contributed by atoms with Crippen LogP contribution in [0.1, 0.15) is 23.6 Å². The van der Waals surface area contributed by atoms with Crippen molar-refractivity contribution in [2.24, 2.45) is 5.92 Å². The lowest BCUT2D eigenvalue weighted by molar-refractivity contribution is -0.384.